The topological polar surface area (TPSA) is 102 Å². The van der Waals surface area contributed by atoms with Crippen molar-refractivity contribution in [2.24, 2.45) is 5.73 Å². The van der Waals surface area contributed by atoms with E-state index in [1.54, 1.807) is 18.2 Å². The van der Waals surface area contributed by atoms with Gasteiger partial charge in [0.25, 0.3) is 12.3 Å². The number of nitrogens with two attached hydrogens (primary N) is 1. The van der Waals surface area contributed by atoms with Gasteiger partial charge in [0, 0.05) is 17.1 Å². The number of halogens is 5. The molecule has 2 heterocycles. The number of aryl methyl sites for hydroxylation is 1. The summed E-state index contributed by atoms with van der Waals surface area (Å²) in [5.74, 6) is 0.135. The fourth-order valence-electron chi connectivity index (χ4n) is 4.70. The molecule has 0 radical (unpaired) electrons. The number of pyridine rings is 1. The Kier molecular flexibility index (Phi) is 7.08. The third-order valence-corrected chi connectivity index (χ3v) is 6.65. The van der Waals surface area contributed by atoms with Gasteiger partial charge in [-0.15, -0.1) is 5.10 Å². The Morgan fingerprint density at radius 1 is 1.16 bits per heavy atom. The van der Waals surface area contributed by atoms with E-state index in [2.05, 4.69) is 20.8 Å². The maximum absolute atomic E-state index is 13.4. The van der Waals surface area contributed by atoms with Gasteiger partial charge in [-0.3, -0.25) is 0 Å². The van der Waals surface area contributed by atoms with Crippen molar-refractivity contribution in [3.63, 3.8) is 0 Å². The summed E-state index contributed by atoms with van der Waals surface area (Å²) >= 11 is 0. The number of anilines is 2. The molecule has 37 heavy (non-hydrogen) atoms. The molecule has 0 unspecified atom stereocenters. The zero-order chi connectivity index (χ0) is 27.2. The molecule has 2 aromatic heterocycles. The molecule has 3 aromatic rings. The summed E-state index contributed by atoms with van der Waals surface area (Å²) in [5, 5.41) is 14.3. The van der Waals surface area contributed by atoms with Crippen LogP contribution in [0.15, 0.2) is 22.6 Å². The van der Waals surface area contributed by atoms with Gasteiger partial charge in [-0.05, 0) is 67.3 Å². The van der Waals surface area contributed by atoms with Gasteiger partial charge in [0.05, 0.1) is 11.1 Å². The van der Waals surface area contributed by atoms with Crippen LogP contribution >= 0.6 is 0 Å². The minimum atomic E-state index is -4.35. The van der Waals surface area contributed by atoms with Crippen LogP contribution in [0.4, 0.5) is 33.7 Å². The van der Waals surface area contributed by atoms with Crippen molar-refractivity contribution in [1.29, 1.82) is 0 Å². The molecule has 1 fully saturated rings. The van der Waals surface area contributed by atoms with Gasteiger partial charge in [-0.1, -0.05) is 25.9 Å². The molecular formula is C25H31F5N6O. The summed E-state index contributed by atoms with van der Waals surface area (Å²) in [7, 11) is 0. The Hall–Kier alpha value is -3.02. The standard InChI is InChI=1S/C25H31F5N6O/c1-13-8-18(20-35-36-22(37-20)33-14-6-5-7-24(31,11-14)21(26)27)34-19-16(13)9-15(32-12-25(28,29)30)10-17(19)23(2,3)4/h8-10,14,21,32H,5-7,11-12,31H2,1-4H3,(H,33,36)/t14-,24+/m0/s1. The molecule has 0 saturated heterocycles. The first kappa shape index (κ1) is 27.0. The van der Waals surface area contributed by atoms with E-state index in [4.69, 9.17) is 15.1 Å². The number of rotatable bonds is 6. The minimum Gasteiger partial charge on any atom is -0.402 e. The molecule has 202 valence electrons. The van der Waals surface area contributed by atoms with Gasteiger partial charge >= 0.3 is 12.2 Å². The average molecular weight is 527 g/mol. The third-order valence-electron chi connectivity index (χ3n) is 6.65. The van der Waals surface area contributed by atoms with Crippen LogP contribution in [0, 0.1) is 6.92 Å². The highest BCUT2D eigenvalue weighted by molar-refractivity contribution is 5.90. The molecule has 0 aliphatic heterocycles. The van der Waals surface area contributed by atoms with Gasteiger partial charge in [0.2, 0.25) is 0 Å². The number of alkyl halides is 5. The van der Waals surface area contributed by atoms with Crippen molar-refractivity contribution in [1.82, 2.24) is 15.2 Å². The first-order valence-electron chi connectivity index (χ1n) is 12.1. The number of hydrogen-bond donors (Lipinski definition) is 3. The second kappa shape index (κ2) is 9.70. The van der Waals surface area contributed by atoms with Gasteiger partial charge < -0.3 is 20.8 Å². The molecule has 0 bridgehead atoms. The molecule has 4 N–H and O–H groups in total. The summed E-state index contributed by atoms with van der Waals surface area (Å²) in [4.78, 5) is 4.74. The van der Waals surface area contributed by atoms with Crippen LogP contribution in [0.3, 0.4) is 0 Å². The van der Waals surface area contributed by atoms with Crippen molar-refractivity contribution >= 4 is 22.6 Å². The lowest BCUT2D eigenvalue weighted by Crippen LogP contribution is -2.53. The highest BCUT2D eigenvalue weighted by Gasteiger charge is 2.41. The zero-order valence-corrected chi connectivity index (χ0v) is 21.1. The maximum Gasteiger partial charge on any atom is 0.405 e. The van der Waals surface area contributed by atoms with Crippen molar-refractivity contribution in [2.45, 2.75) is 83.0 Å². The second-order valence-corrected chi connectivity index (χ2v) is 10.8. The van der Waals surface area contributed by atoms with Crippen molar-refractivity contribution < 1.29 is 26.4 Å². The Bertz CT molecular complexity index is 1270. The Labute approximate surface area is 211 Å². The average Bonchev–Trinajstić information content (AvgIpc) is 3.24. The molecule has 1 saturated carbocycles. The van der Waals surface area contributed by atoms with Crippen LogP contribution in [0.1, 0.15) is 57.6 Å². The number of nitrogens with one attached hydrogen (secondary N) is 2. The van der Waals surface area contributed by atoms with E-state index >= 15 is 0 Å². The van der Waals surface area contributed by atoms with E-state index in [0.717, 1.165) is 11.1 Å². The summed E-state index contributed by atoms with van der Waals surface area (Å²) < 4.78 is 70.9. The van der Waals surface area contributed by atoms with Gasteiger partial charge in [0.1, 0.15) is 12.2 Å². The molecule has 2 atom stereocenters. The molecule has 1 aromatic carbocycles. The predicted molar refractivity (Wildman–Crippen MR) is 132 cm³/mol. The smallest absolute Gasteiger partial charge is 0.402 e. The number of fused-ring (bicyclic) bond motifs is 1. The van der Waals surface area contributed by atoms with E-state index in [1.807, 2.05) is 27.7 Å². The molecule has 0 spiro atoms. The lowest BCUT2D eigenvalue weighted by Gasteiger charge is -2.37. The molecule has 12 heteroatoms. The van der Waals surface area contributed by atoms with Gasteiger partial charge in [-0.25, -0.2) is 13.8 Å². The van der Waals surface area contributed by atoms with E-state index in [9.17, 15) is 22.0 Å². The molecule has 7 nitrogen and oxygen atoms in total. The van der Waals surface area contributed by atoms with Crippen LogP contribution < -0.4 is 16.4 Å². The fraction of sp³-hybridized carbons (Fsp3) is 0.560. The van der Waals surface area contributed by atoms with Crippen molar-refractivity contribution in [3.8, 4) is 11.6 Å². The maximum atomic E-state index is 13.4. The van der Waals surface area contributed by atoms with Gasteiger partial charge in [0.15, 0.2) is 0 Å². The SMILES string of the molecule is Cc1cc(-c2nnc(N[C@H]3CCC[C@](N)(C(F)F)C3)o2)nc2c(C(C)(C)C)cc(NCC(F)(F)F)cc12. The summed E-state index contributed by atoms with van der Waals surface area (Å²) in [5.41, 5.74) is 6.80. The van der Waals surface area contributed by atoms with E-state index in [0.29, 0.717) is 35.1 Å². The molecule has 4 rings (SSSR count). The molecule has 1 aliphatic carbocycles. The summed E-state index contributed by atoms with van der Waals surface area (Å²) in [6.07, 6.45) is -5.44. The number of hydrogen-bond acceptors (Lipinski definition) is 7. The first-order chi connectivity index (χ1) is 17.1. The third kappa shape index (κ3) is 6.11. The van der Waals surface area contributed by atoms with Crippen LogP contribution in [0.25, 0.3) is 22.5 Å². The van der Waals surface area contributed by atoms with Crippen LogP contribution in [-0.4, -0.2) is 45.9 Å². The molecule has 0 amide bonds. The predicted octanol–water partition coefficient (Wildman–Crippen LogP) is 6.18. The lowest BCUT2D eigenvalue weighted by molar-refractivity contribution is -0.115. The highest BCUT2D eigenvalue weighted by Crippen LogP contribution is 2.36. The van der Waals surface area contributed by atoms with Crippen LogP contribution in [0.5, 0.6) is 0 Å². The normalized spacial score (nSPS) is 21.0. The Balaban J connectivity index is 1.64. The highest BCUT2D eigenvalue weighted by atomic mass is 19.4. The van der Waals surface area contributed by atoms with Crippen molar-refractivity contribution in [2.75, 3.05) is 17.2 Å². The minimum absolute atomic E-state index is 0.0787. The summed E-state index contributed by atoms with van der Waals surface area (Å²) in [6, 6.07) is 4.80. The number of benzene rings is 1. The summed E-state index contributed by atoms with van der Waals surface area (Å²) in [6.45, 7) is 6.54. The molecule has 1 aliphatic rings. The fourth-order valence-corrected chi connectivity index (χ4v) is 4.70. The first-order valence-corrected chi connectivity index (χ1v) is 12.1. The zero-order valence-electron chi connectivity index (χ0n) is 21.1. The van der Waals surface area contributed by atoms with E-state index in [1.165, 1.54) is 0 Å². The molecular weight excluding hydrogens is 495 g/mol. The van der Waals surface area contributed by atoms with Crippen LogP contribution in [-0.2, 0) is 5.41 Å². The monoisotopic (exact) mass is 526 g/mol. The van der Waals surface area contributed by atoms with E-state index < -0.39 is 30.1 Å². The quantitative estimate of drug-likeness (QED) is 0.330. The van der Waals surface area contributed by atoms with Gasteiger partial charge in [-0.2, -0.15) is 13.2 Å². The van der Waals surface area contributed by atoms with Crippen molar-refractivity contribution in [3.05, 3.63) is 29.3 Å². The number of aromatic nitrogens is 3. The second-order valence-electron chi connectivity index (χ2n) is 10.8. The Morgan fingerprint density at radius 2 is 1.89 bits per heavy atom. The lowest BCUT2D eigenvalue weighted by atomic mass is 9.80. The Morgan fingerprint density at radius 3 is 2.54 bits per heavy atom. The largest absolute Gasteiger partial charge is 0.405 e. The van der Waals surface area contributed by atoms with E-state index in [-0.39, 0.29) is 30.8 Å². The number of nitrogens with zero attached hydrogens (tertiary/aromatic N) is 3. The van der Waals surface area contributed by atoms with Crippen LogP contribution in [0.2, 0.25) is 0 Å².